The monoisotopic (exact) mass is 420 g/mol. The molecule has 8 nitrogen and oxygen atoms in total. The quantitative estimate of drug-likeness (QED) is 0.242. The Morgan fingerprint density at radius 2 is 2.00 bits per heavy atom. The molecule has 0 aromatic heterocycles. The average molecular weight is 420 g/mol. The number of fused-ring (bicyclic) bond motifs is 2. The number of rotatable bonds is 3. The molecule has 0 aromatic rings. The maximum absolute atomic E-state index is 12.5. The zero-order valence-electron chi connectivity index (χ0n) is 17.8. The number of hydrogen-bond acceptors (Lipinski definition) is 8. The van der Waals surface area contributed by atoms with Crippen LogP contribution in [0.3, 0.4) is 0 Å². The van der Waals surface area contributed by atoms with Gasteiger partial charge in [0.2, 0.25) is 0 Å². The molecule has 0 aromatic carbocycles. The molecule has 7 atom stereocenters. The van der Waals surface area contributed by atoms with Crippen LogP contribution in [0.15, 0.2) is 35.5 Å². The molecule has 1 aliphatic carbocycles. The summed E-state index contributed by atoms with van der Waals surface area (Å²) in [6, 6.07) is 0. The van der Waals surface area contributed by atoms with Gasteiger partial charge in [-0.15, -0.1) is 0 Å². The smallest absolute Gasteiger partial charge is 0.334 e. The van der Waals surface area contributed by atoms with Crippen LogP contribution in [0.5, 0.6) is 0 Å². The zero-order valence-corrected chi connectivity index (χ0v) is 17.8. The Balaban J connectivity index is 2.03. The Hall–Kier alpha value is -2.45. The largest absolute Gasteiger partial charge is 0.458 e. The topological polar surface area (TPSA) is 112 Å². The minimum absolute atomic E-state index is 0.00654. The van der Waals surface area contributed by atoms with Crippen molar-refractivity contribution in [3.8, 4) is 0 Å². The Morgan fingerprint density at radius 3 is 2.60 bits per heavy atom. The van der Waals surface area contributed by atoms with E-state index in [2.05, 4.69) is 6.58 Å². The van der Waals surface area contributed by atoms with Gasteiger partial charge in [0.25, 0.3) is 0 Å². The van der Waals surface area contributed by atoms with Crippen LogP contribution < -0.4 is 0 Å². The van der Waals surface area contributed by atoms with Crippen molar-refractivity contribution in [1.82, 2.24) is 0 Å². The maximum Gasteiger partial charge on any atom is 0.334 e. The van der Waals surface area contributed by atoms with Crippen LogP contribution in [-0.2, 0) is 33.3 Å². The molecule has 3 rings (SSSR count). The highest BCUT2D eigenvalue weighted by Crippen LogP contribution is 2.45. The molecule has 0 unspecified atom stereocenters. The number of hydrogen-bond donors (Lipinski definition) is 1. The minimum atomic E-state index is -1.41. The van der Waals surface area contributed by atoms with E-state index in [0.29, 0.717) is 11.1 Å². The van der Waals surface area contributed by atoms with Gasteiger partial charge in [-0.25, -0.2) is 9.59 Å². The Kier molecular flexibility index (Phi) is 5.93. The summed E-state index contributed by atoms with van der Waals surface area (Å²) in [5.41, 5.74) is -0.232. The number of epoxide rings is 1. The van der Waals surface area contributed by atoms with Crippen molar-refractivity contribution in [2.24, 2.45) is 5.92 Å². The molecule has 2 fully saturated rings. The third kappa shape index (κ3) is 4.20. The Labute approximate surface area is 175 Å². The normalized spacial score (nSPS) is 40.3. The van der Waals surface area contributed by atoms with E-state index in [9.17, 15) is 19.5 Å². The second-order valence-electron chi connectivity index (χ2n) is 8.36. The molecule has 0 amide bonds. The number of allylic oxidation sites excluding steroid dienone is 1. The van der Waals surface area contributed by atoms with Crippen LogP contribution >= 0.6 is 0 Å². The lowest BCUT2D eigenvalue weighted by molar-refractivity contribution is -0.152. The molecule has 2 saturated heterocycles. The van der Waals surface area contributed by atoms with Crippen LogP contribution in [0.1, 0.15) is 41.0 Å². The molecular weight excluding hydrogens is 392 g/mol. The fourth-order valence-electron chi connectivity index (χ4n) is 4.10. The number of esters is 3. The van der Waals surface area contributed by atoms with Crippen LogP contribution in [0.4, 0.5) is 0 Å². The van der Waals surface area contributed by atoms with E-state index in [-0.39, 0.29) is 12.0 Å². The first kappa shape index (κ1) is 22.2. The van der Waals surface area contributed by atoms with Crippen LogP contribution in [0.25, 0.3) is 0 Å². The van der Waals surface area contributed by atoms with E-state index in [4.69, 9.17) is 18.9 Å². The van der Waals surface area contributed by atoms with Crippen molar-refractivity contribution in [3.63, 3.8) is 0 Å². The number of aliphatic hydroxyl groups is 1. The average Bonchev–Trinajstić information content (AvgIpc) is 3.40. The van der Waals surface area contributed by atoms with Gasteiger partial charge >= 0.3 is 17.9 Å². The van der Waals surface area contributed by atoms with Gasteiger partial charge in [0.1, 0.15) is 24.4 Å². The fraction of sp³-hybridized carbons (Fsp3) is 0.591. The molecule has 2 heterocycles. The van der Waals surface area contributed by atoms with Gasteiger partial charge in [-0.2, -0.15) is 0 Å². The van der Waals surface area contributed by atoms with E-state index in [0.717, 1.165) is 0 Å². The zero-order chi connectivity index (χ0) is 22.4. The Morgan fingerprint density at radius 1 is 1.33 bits per heavy atom. The lowest BCUT2D eigenvalue weighted by atomic mass is 9.80. The first-order valence-corrected chi connectivity index (χ1v) is 9.93. The van der Waals surface area contributed by atoms with Gasteiger partial charge in [0.15, 0.2) is 6.10 Å². The van der Waals surface area contributed by atoms with Gasteiger partial charge in [0.05, 0.1) is 11.5 Å². The third-order valence-electron chi connectivity index (χ3n) is 5.90. The maximum atomic E-state index is 12.5. The first-order chi connectivity index (χ1) is 14.0. The molecule has 164 valence electrons. The lowest BCUT2D eigenvalue weighted by Gasteiger charge is -2.33. The van der Waals surface area contributed by atoms with Crippen molar-refractivity contribution in [2.45, 2.75) is 77.2 Å². The highest BCUT2D eigenvalue weighted by molar-refractivity contribution is 5.92. The molecule has 8 heteroatoms. The SMILES string of the molecule is C=C1C(=O)O[C@@H]2/C=C(/C)[C@@H](OC(C)=O)[C@H]3O[C@@H]3[C@](C)(O)C[C@@H](OC(=O)/C(C)=C\C)[C@@H]12. The van der Waals surface area contributed by atoms with E-state index in [1.165, 1.54) is 6.92 Å². The van der Waals surface area contributed by atoms with E-state index < -0.39 is 59.9 Å². The van der Waals surface area contributed by atoms with Crippen molar-refractivity contribution >= 4 is 17.9 Å². The second kappa shape index (κ2) is 8.00. The van der Waals surface area contributed by atoms with E-state index in [1.807, 2.05) is 0 Å². The molecule has 1 N–H and O–H groups in total. The van der Waals surface area contributed by atoms with Gasteiger partial charge in [-0.05, 0) is 39.3 Å². The molecule has 0 saturated carbocycles. The van der Waals surface area contributed by atoms with Crippen LogP contribution in [-0.4, -0.2) is 59.1 Å². The summed E-state index contributed by atoms with van der Waals surface area (Å²) < 4.78 is 22.3. The predicted molar refractivity (Wildman–Crippen MR) is 105 cm³/mol. The number of carbonyl (C=O) groups excluding carboxylic acids is 3. The van der Waals surface area contributed by atoms with Gasteiger partial charge in [-0.3, -0.25) is 4.79 Å². The summed E-state index contributed by atoms with van der Waals surface area (Å²) in [6.07, 6.45) is -0.261. The van der Waals surface area contributed by atoms with Crippen molar-refractivity contribution in [3.05, 3.63) is 35.5 Å². The fourth-order valence-corrected chi connectivity index (χ4v) is 4.10. The molecule has 0 radical (unpaired) electrons. The summed E-state index contributed by atoms with van der Waals surface area (Å²) in [6.45, 7) is 11.8. The van der Waals surface area contributed by atoms with Crippen molar-refractivity contribution < 1.29 is 38.4 Å². The van der Waals surface area contributed by atoms with Gasteiger partial charge < -0.3 is 24.1 Å². The van der Waals surface area contributed by atoms with E-state index >= 15 is 0 Å². The van der Waals surface area contributed by atoms with Crippen LogP contribution in [0.2, 0.25) is 0 Å². The lowest BCUT2D eigenvalue weighted by Crippen LogP contribution is -2.45. The second-order valence-corrected chi connectivity index (χ2v) is 8.36. The molecule has 0 bridgehead atoms. The number of carbonyl (C=O) groups is 3. The minimum Gasteiger partial charge on any atom is -0.458 e. The molecule has 0 spiro atoms. The summed E-state index contributed by atoms with van der Waals surface area (Å²) in [7, 11) is 0. The van der Waals surface area contributed by atoms with Crippen molar-refractivity contribution in [1.29, 1.82) is 0 Å². The van der Waals surface area contributed by atoms with Crippen LogP contribution in [0, 0.1) is 5.92 Å². The third-order valence-corrected chi connectivity index (χ3v) is 5.90. The van der Waals surface area contributed by atoms with Crippen molar-refractivity contribution in [2.75, 3.05) is 0 Å². The van der Waals surface area contributed by atoms with Gasteiger partial charge in [-0.1, -0.05) is 12.7 Å². The first-order valence-electron chi connectivity index (χ1n) is 9.93. The summed E-state index contributed by atoms with van der Waals surface area (Å²) in [5.74, 6) is -2.33. The molecular formula is C22H28O8. The highest BCUT2D eigenvalue weighted by atomic mass is 16.6. The highest BCUT2D eigenvalue weighted by Gasteiger charge is 2.59. The van der Waals surface area contributed by atoms with Gasteiger partial charge in [0, 0.05) is 24.5 Å². The molecule has 30 heavy (non-hydrogen) atoms. The standard InChI is InChI=1S/C22H28O8/c1-7-10(2)20(24)29-15-9-22(6,26)19-18(30-19)17(27-13(5)23)11(3)8-14-16(15)12(4)21(25)28-14/h7-8,14-19,26H,4,9H2,1-3,5-6H3/b10-7-,11-8-/t14-,15-,16+,17-,18-,19+,22-/m1/s1. The van der Waals surface area contributed by atoms with E-state index in [1.54, 1.807) is 39.8 Å². The summed E-state index contributed by atoms with van der Waals surface area (Å²) in [4.78, 5) is 36.4. The summed E-state index contributed by atoms with van der Waals surface area (Å²) >= 11 is 0. The number of ether oxygens (including phenoxy) is 4. The Bertz CT molecular complexity index is 836. The molecule has 2 aliphatic heterocycles. The predicted octanol–water partition coefficient (Wildman–Crippen LogP) is 1.76. The molecule has 3 aliphatic rings. The summed E-state index contributed by atoms with van der Waals surface area (Å²) in [5, 5.41) is 11.1.